The van der Waals surface area contributed by atoms with Gasteiger partial charge in [0.15, 0.2) is 0 Å². The molecule has 0 heterocycles. The number of hydrogen-bond donors (Lipinski definition) is 1. The van der Waals surface area contributed by atoms with Crippen molar-refractivity contribution in [2.75, 3.05) is 0 Å². The molecule has 0 saturated carbocycles. The first-order chi connectivity index (χ1) is 6.99. The van der Waals surface area contributed by atoms with Crippen molar-refractivity contribution in [3.8, 4) is 0 Å². The quantitative estimate of drug-likeness (QED) is 0.812. The topological polar surface area (TPSA) is 54.4 Å². The van der Waals surface area contributed by atoms with Gasteiger partial charge in [0, 0.05) is 0 Å². The molecule has 0 aliphatic heterocycles. The van der Waals surface area contributed by atoms with Gasteiger partial charge in [-0.2, -0.15) is 8.42 Å². The third kappa shape index (κ3) is 9.43. The molecule has 1 aromatic rings. The molecule has 0 aromatic heterocycles. The Morgan fingerprint density at radius 1 is 1.07 bits per heavy atom. The van der Waals surface area contributed by atoms with Crippen molar-refractivity contribution in [3.63, 3.8) is 0 Å². The Labute approximate surface area is 91.9 Å². The highest BCUT2D eigenvalue weighted by atomic mass is 32.2. The van der Waals surface area contributed by atoms with Crippen LogP contribution in [0, 0.1) is 0 Å². The molecule has 3 nitrogen and oxygen atoms in total. The van der Waals surface area contributed by atoms with E-state index in [0.29, 0.717) is 5.56 Å². The Bertz CT molecular complexity index is 341. The van der Waals surface area contributed by atoms with E-state index in [-0.39, 0.29) is 5.75 Å². The van der Waals surface area contributed by atoms with Gasteiger partial charge in [-0.1, -0.05) is 57.0 Å². The normalized spacial score (nSPS) is 10.3. The van der Waals surface area contributed by atoms with Gasteiger partial charge in [-0.05, 0) is 5.56 Å². The Kier molecular flexibility index (Phi) is 6.99. The summed E-state index contributed by atoms with van der Waals surface area (Å²) in [7, 11) is -3.88. The van der Waals surface area contributed by atoms with Crippen LogP contribution in [-0.4, -0.2) is 13.0 Å². The van der Waals surface area contributed by atoms with Crippen molar-refractivity contribution >= 4 is 10.1 Å². The molecule has 0 radical (unpaired) electrons. The lowest BCUT2D eigenvalue weighted by Crippen LogP contribution is -2.00. The minimum absolute atomic E-state index is 0.312. The molecule has 0 bridgehead atoms. The highest BCUT2D eigenvalue weighted by molar-refractivity contribution is 7.85. The van der Waals surface area contributed by atoms with Crippen LogP contribution in [0.3, 0.4) is 0 Å². The summed E-state index contributed by atoms with van der Waals surface area (Å²) in [6.07, 6.45) is 2.64. The second-order valence-electron chi connectivity index (χ2n) is 3.21. The summed E-state index contributed by atoms with van der Waals surface area (Å²) in [5, 5.41) is 0. The van der Waals surface area contributed by atoms with Crippen molar-refractivity contribution < 1.29 is 13.0 Å². The molecule has 1 aromatic carbocycles. The predicted molar refractivity (Wildman–Crippen MR) is 62.3 cm³/mol. The molecule has 0 aliphatic carbocycles. The first kappa shape index (κ1) is 14.1. The average molecular weight is 230 g/mol. The maximum atomic E-state index is 10.4. The summed E-state index contributed by atoms with van der Waals surface area (Å²) in [5.74, 6) is -0.312. The van der Waals surface area contributed by atoms with Gasteiger partial charge in [0.1, 0.15) is 5.75 Å². The van der Waals surface area contributed by atoms with Crippen LogP contribution in [0.25, 0.3) is 0 Å². The number of rotatable bonds is 3. The number of benzene rings is 1. The van der Waals surface area contributed by atoms with Crippen molar-refractivity contribution in [2.45, 2.75) is 32.4 Å². The van der Waals surface area contributed by atoms with E-state index in [0.717, 1.165) is 0 Å². The largest absolute Gasteiger partial charge is 0.285 e. The van der Waals surface area contributed by atoms with Gasteiger partial charge in [0.2, 0.25) is 0 Å². The molecule has 1 rings (SSSR count). The Balaban J connectivity index is 0.000000423. The minimum Gasteiger partial charge on any atom is -0.285 e. The molecular formula is C11H18O3S. The summed E-state index contributed by atoms with van der Waals surface area (Å²) in [4.78, 5) is 0. The molecule has 0 amide bonds. The summed E-state index contributed by atoms with van der Waals surface area (Å²) in [6.45, 7) is 4.36. The first-order valence-corrected chi connectivity index (χ1v) is 6.59. The summed E-state index contributed by atoms with van der Waals surface area (Å²) < 4.78 is 29.2. The van der Waals surface area contributed by atoms with E-state index in [9.17, 15) is 8.42 Å². The second-order valence-corrected chi connectivity index (χ2v) is 4.66. The fraction of sp³-hybridized carbons (Fsp3) is 0.455. The van der Waals surface area contributed by atoms with E-state index in [1.807, 2.05) is 0 Å². The van der Waals surface area contributed by atoms with E-state index in [2.05, 4.69) is 13.8 Å². The molecular weight excluding hydrogens is 212 g/mol. The smallest absolute Gasteiger partial charge is 0.269 e. The molecule has 15 heavy (non-hydrogen) atoms. The van der Waals surface area contributed by atoms with Crippen LogP contribution in [0.15, 0.2) is 30.3 Å². The van der Waals surface area contributed by atoms with Gasteiger partial charge < -0.3 is 0 Å². The fourth-order valence-corrected chi connectivity index (χ4v) is 1.40. The van der Waals surface area contributed by atoms with E-state index in [4.69, 9.17) is 4.55 Å². The molecule has 0 unspecified atom stereocenters. The molecule has 4 heteroatoms. The molecule has 0 atom stereocenters. The zero-order valence-corrected chi connectivity index (χ0v) is 10.00. The van der Waals surface area contributed by atoms with Crippen LogP contribution in [0.2, 0.25) is 0 Å². The Morgan fingerprint density at radius 2 is 1.53 bits per heavy atom. The van der Waals surface area contributed by atoms with Crippen LogP contribution in [0.4, 0.5) is 0 Å². The van der Waals surface area contributed by atoms with Crippen molar-refractivity contribution in [1.29, 1.82) is 0 Å². The fourth-order valence-electron chi connectivity index (χ4n) is 0.785. The lowest BCUT2D eigenvalue weighted by Gasteiger charge is -1.95. The average Bonchev–Trinajstić information content (AvgIpc) is 2.17. The van der Waals surface area contributed by atoms with Gasteiger partial charge in [0.05, 0.1) is 0 Å². The van der Waals surface area contributed by atoms with Crippen LogP contribution in [0.1, 0.15) is 32.3 Å². The number of hydrogen-bond acceptors (Lipinski definition) is 2. The van der Waals surface area contributed by atoms with E-state index < -0.39 is 10.1 Å². The highest BCUT2D eigenvalue weighted by Crippen LogP contribution is 2.02. The molecule has 1 N–H and O–H groups in total. The first-order valence-electron chi connectivity index (χ1n) is 4.98. The molecule has 0 aliphatic rings. The minimum atomic E-state index is -3.88. The van der Waals surface area contributed by atoms with E-state index >= 15 is 0 Å². The lowest BCUT2D eigenvalue weighted by molar-refractivity contribution is 0.482. The van der Waals surface area contributed by atoms with Gasteiger partial charge in [0.25, 0.3) is 10.1 Å². The molecule has 0 spiro atoms. The molecule has 0 fully saturated rings. The Morgan fingerprint density at radius 3 is 1.87 bits per heavy atom. The van der Waals surface area contributed by atoms with Crippen LogP contribution in [-0.2, 0) is 15.9 Å². The van der Waals surface area contributed by atoms with E-state index in [1.54, 1.807) is 30.3 Å². The highest BCUT2D eigenvalue weighted by Gasteiger charge is 2.04. The van der Waals surface area contributed by atoms with Gasteiger partial charge >= 0.3 is 0 Å². The van der Waals surface area contributed by atoms with Crippen molar-refractivity contribution in [3.05, 3.63) is 35.9 Å². The third-order valence-corrected chi connectivity index (χ3v) is 2.39. The molecule has 86 valence electrons. The third-order valence-electron chi connectivity index (χ3n) is 1.69. The van der Waals surface area contributed by atoms with E-state index in [1.165, 1.54) is 12.8 Å². The summed E-state index contributed by atoms with van der Waals surface area (Å²) in [5.41, 5.74) is 0.593. The Hall–Kier alpha value is -0.870. The lowest BCUT2D eigenvalue weighted by atomic mass is 10.2. The van der Waals surface area contributed by atoms with Crippen molar-refractivity contribution in [1.82, 2.24) is 0 Å². The summed E-state index contributed by atoms with van der Waals surface area (Å²) in [6, 6.07) is 8.52. The van der Waals surface area contributed by atoms with Crippen LogP contribution in [0.5, 0.6) is 0 Å². The van der Waals surface area contributed by atoms with Gasteiger partial charge in [-0.3, -0.25) is 4.55 Å². The van der Waals surface area contributed by atoms with Crippen LogP contribution < -0.4 is 0 Å². The standard InChI is InChI=1S/C7H8O3S.C4H10/c8-11(9,10)6-7-4-2-1-3-5-7;1-3-4-2/h1-5H,6H2,(H,8,9,10);3-4H2,1-2H3. The maximum Gasteiger partial charge on any atom is 0.269 e. The zero-order chi connectivity index (χ0) is 11.7. The van der Waals surface area contributed by atoms with Gasteiger partial charge in [-0.15, -0.1) is 0 Å². The maximum absolute atomic E-state index is 10.4. The predicted octanol–water partition coefficient (Wildman–Crippen LogP) is 2.88. The zero-order valence-electron chi connectivity index (χ0n) is 9.18. The van der Waals surface area contributed by atoms with Crippen molar-refractivity contribution in [2.24, 2.45) is 0 Å². The van der Waals surface area contributed by atoms with Crippen LogP contribution >= 0.6 is 0 Å². The monoisotopic (exact) mass is 230 g/mol. The summed E-state index contributed by atoms with van der Waals surface area (Å²) >= 11 is 0. The second kappa shape index (κ2) is 7.43. The molecule has 0 saturated heterocycles. The van der Waals surface area contributed by atoms with Gasteiger partial charge in [-0.25, -0.2) is 0 Å². The number of unbranched alkanes of at least 4 members (excludes halogenated alkanes) is 1. The SMILES string of the molecule is CCCC.O=S(=O)(O)Cc1ccccc1.